The van der Waals surface area contributed by atoms with Crippen LogP contribution in [0.2, 0.25) is 0 Å². The van der Waals surface area contributed by atoms with E-state index >= 15 is 0 Å². The highest BCUT2D eigenvalue weighted by Crippen LogP contribution is 2.37. The molecule has 6 heteroatoms. The van der Waals surface area contributed by atoms with Crippen molar-refractivity contribution < 1.29 is 13.9 Å². The Morgan fingerprint density at radius 2 is 2.04 bits per heavy atom. The molecule has 1 N–H and O–H groups in total. The molecule has 4 rings (SSSR count). The van der Waals surface area contributed by atoms with Crippen molar-refractivity contribution in [3.8, 4) is 5.75 Å². The minimum absolute atomic E-state index is 0.0130. The van der Waals surface area contributed by atoms with Crippen molar-refractivity contribution in [3.63, 3.8) is 0 Å². The van der Waals surface area contributed by atoms with E-state index < -0.39 is 0 Å². The number of hydrogen-bond acceptors (Lipinski definition) is 4. The molecule has 2 aromatic rings. The monoisotopic (exact) mass is 331 g/mol. The topological polar surface area (TPSA) is 48.3 Å². The third-order valence-electron chi connectivity index (χ3n) is 4.93. The van der Waals surface area contributed by atoms with E-state index in [9.17, 15) is 4.39 Å². The molecule has 0 spiro atoms. The molecule has 1 saturated carbocycles. The van der Waals surface area contributed by atoms with E-state index in [-0.39, 0.29) is 18.0 Å². The van der Waals surface area contributed by atoms with Crippen molar-refractivity contribution >= 4 is 0 Å². The fourth-order valence-corrected chi connectivity index (χ4v) is 3.50. The summed E-state index contributed by atoms with van der Waals surface area (Å²) in [6.07, 6.45) is 5.75. The van der Waals surface area contributed by atoms with Gasteiger partial charge in [-0.15, -0.1) is 0 Å². The van der Waals surface area contributed by atoms with Crippen molar-refractivity contribution in [2.75, 3.05) is 13.2 Å². The number of nitrogens with one attached hydrogen (secondary N) is 1. The van der Waals surface area contributed by atoms with Crippen LogP contribution in [0.3, 0.4) is 0 Å². The first-order valence-electron chi connectivity index (χ1n) is 8.42. The lowest BCUT2D eigenvalue weighted by Gasteiger charge is -2.38. The van der Waals surface area contributed by atoms with Crippen LogP contribution in [0.1, 0.15) is 24.3 Å². The van der Waals surface area contributed by atoms with Crippen molar-refractivity contribution in [1.29, 1.82) is 0 Å². The van der Waals surface area contributed by atoms with Gasteiger partial charge in [-0.25, -0.2) is 4.39 Å². The van der Waals surface area contributed by atoms with Crippen molar-refractivity contribution in [2.24, 2.45) is 7.05 Å². The molecule has 2 fully saturated rings. The Bertz CT molecular complexity index is 682. The van der Waals surface area contributed by atoms with Gasteiger partial charge >= 0.3 is 0 Å². The van der Waals surface area contributed by atoms with Crippen LogP contribution in [0, 0.1) is 5.82 Å². The summed E-state index contributed by atoms with van der Waals surface area (Å²) in [6, 6.07) is 7.53. The van der Waals surface area contributed by atoms with Crippen molar-refractivity contribution in [3.05, 3.63) is 48.0 Å². The third kappa shape index (κ3) is 3.30. The van der Waals surface area contributed by atoms with Crippen LogP contribution in [-0.2, 0) is 11.8 Å². The first-order valence-corrected chi connectivity index (χ1v) is 8.42. The normalized spacial score (nSPS) is 29.4. The summed E-state index contributed by atoms with van der Waals surface area (Å²) in [4.78, 5) is 0. The lowest BCUT2D eigenvalue weighted by molar-refractivity contribution is 0.136. The predicted molar refractivity (Wildman–Crippen MR) is 87.5 cm³/mol. The van der Waals surface area contributed by atoms with Gasteiger partial charge in [0.25, 0.3) is 0 Å². The number of aromatic nitrogens is 2. The fourth-order valence-electron chi connectivity index (χ4n) is 3.50. The molecule has 0 radical (unpaired) electrons. The lowest BCUT2D eigenvalue weighted by Crippen LogP contribution is -2.51. The number of nitrogens with zero attached hydrogens (tertiary/aromatic N) is 2. The summed E-state index contributed by atoms with van der Waals surface area (Å²) >= 11 is 0. The Morgan fingerprint density at radius 1 is 1.25 bits per heavy atom. The van der Waals surface area contributed by atoms with E-state index in [1.165, 1.54) is 5.56 Å². The Labute approximate surface area is 140 Å². The predicted octanol–water partition coefficient (Wildman–Crippen LogP) is 2.24. The molecule has 1 aliphatic heterocycles. The maximum Gasteiger partial charge on any atom is 0.157 e. The van der Waals surface area contributed by atoms with Crippen LogP contribution in [0.25, 0.3) is 0 Å². The van der Waals surface area contributed by atoms with Gasteiger partial charge in [-0.3, -0.25) is 4.68 Å². The molecule has 1 aliphatic carbocycles. The number of aryl methyl sites for hydroxylation is 1. The molecule has 24 heavy (non-hydrogen) atoms. The standard InChI is InChI=1S/C18H22FN3O2/c1-22-9-16(8-20-22)24-18-11-23-10-17(18)21-15-6-13(7-15)12-2-4-14(19)5-3-12/h2-5,8-9,13,15,17-18,21H,6-7,10-11H2,1H3/t13?,15?,17-,18+/m0/s1. The smallest absolute Gasteiger partial charge is 0.157 e. The summed E-state index contributed by atoms with van der Waals surface area (Å²) in [5, 5.41) is 7.78. The van der Waals surface area contributed by atoms with E-state index in [4.69, 9.17) is 9.47 Å². The van der Waals surface area contributed by atoms with Gasteiger partial charge in [0.1, 0.15) is 11.9 Å². The highest BCUT2D eigenvalue weighted by Gasteiger charge is 2.37. The van der Waals surface area contributed by atoms with Crippen LogP contribution in [0.5, 0.6) is 5.75 Å². The van der Waals surface area contributed by atoms with Gasteiger partial charge in [0.2, 0.25) is 0 Å². The second kappa shape index (κ2) is 6.53. The lowest BCUT2D eigenvalue weighted by atomic mass is 9.75. The average molecular weight is 331 g/mol. The average Bonchev–Trinajstić information content (AvgIpc) is 3.13. The van der Waals surface area contributed by atoms with Gasteiger partial charge in [0.05, 0.1) is 31.6 Å². The molecule has 0 unspecified atom stereocenters. The van der Waals surface area contributed by atoms with Crippen LogP contribution < -0.4 is 10.1 Å². The van der Waals surface area contributed by atoms with Gasteiger partial charge in [-0.2, -0.15) is 5.10 Å². The number of halogens is 1. The quantitative estimate of drug-likeness (QED) is 0.913. The van der Waals surface area contributed by atoms with Crippen LogP contribution in [0.4, 0.5) is 4.39 Å². The molecule has 1 aromatic carbocycles. The highest BCUT2D eigenvalue weighted by molar-refractivity contribution is 5.23. The molecule has 1 saturated heterocycles. The van der Waals surface area contributed by atoms with E-state index in [1.54, 1.807) is 23.0 Å². The molecule has 5 nitrogen and oxygen atoms in total. The van der Waals surface area contributed by atoms with Gasteiger partial charge in [-0.1, -0.05) is 12.1 Å². The van der Waals surface area contributed by atoms with Gasteiger partial charge in [0, 0.05) is 13.1 Å². The number of ether oxygens (including phenoxy) is 2. The first kappa shape index (κ1) is 15.6. The maximum absolute atomic E-state index is 13.0. The molecule has 0 bridgehead atoms. The third-order valence-corrected chi connectivity index (χ3v) is 4.93. The van der Waals surface area contributed by atoms with Crippen LogP contribution in [0.15, 0.2) is 36.7 Å². The number of hydrogen-bond donors (Lipinski definition) is 1. The minimum Gasteiger partial charge on any atom is -0.483 e. The summed E-state index contributed by atoms with van der Waals surface area (Å²) < 4.78 is 26.3. The zero-order chi connectivity index (χ0) is 16.5. The number of benzene rings is 1. The van der Waals surface area contributed by atoms with E-state index in [2.05, 4.69) is 10.4 Å². The molecule has 2 heterocycles. The fraction of sp³-hybridized carbons (Fsp3) is 0.500. The van der Waals surface area contributed by atoms with Crippen molar-refractivity contribution in [1.82, 2.24) is 15.1 Å². The SMILES string of the molecule is Cn1cc(O[C@@H]2COC[C@@H]2NC2CC(c3ccc(F)cc3)C2)cn1. The number of rotatable bonds is 5. The Balaban J connectivity index is 1.29. The van der Waals surface area contributed by atoms with E-state index in [0.29, 0.717) is 25.2 Å². The zero-order valence-corrected chi connectivity index (χ0v) is 13.7. The second-order valence-electron chi connectivity index (χ2n) is 6.73. The molecule has 0 amide bonds. The van der Waals surface area contributed by atoms with Crippen LogP contribution in [-0.4, -0.2) is 41.2 Å². The Kier molecular flexibility index (Phi) is 4.24. The first-order chi connectivity index (χ1) is 11.7. The molecular formula is C18H22FN3O2. The minimum atomic E-state index is -0.175. The summed E-state index contributed by atoms with van der Waals surface area (Å²) in [7, 11) is 1.87. The molecular weight excluding hydrogens is 309 g/mol. The molecule has 128 valence electrons. The largest absolute Gasteiger partial charge is 0.483 e. The van der Waals surface area contributed by atoms with Crippen molar-refractivity contribution in [2.45, 2.75) is 36.9 Å². The van der Waals surface area contributed by atoms with Gasteiger partial charge < -0.3 is 14.8 Å². The Morgan fingerprint density at radius 3 is 2.75 bits per heavy atom. The Hall–Kier alpha value is -1.92. The highest BCUT2D eigenvalue weighted by atomic mass is 19.1. The van der Waals surface area contributed by atoms with Crippen LogP contribution >= 0.6 is 0 Å². The van der Waals surface area contributed by atoms with E-state index in [0.717, 1.165) is 18.6 Å². The van der Waals surface area contributed by atoms with Gasteiger partial charge in [-0.05, 0) is 36.5 Å². The second-order valence-corrected chi connectivity index (χ2v) is 6.73. The molecule has 2 aliphatic rings. The summed E-state index contributed by atoms with van der Waals surface area (Å²) in [6.45, 7) is 1.27. The van der Waals surface area contributed by atoms with E-state index in [1.807, 2.05) is 25.4 Å². The van der Waals surface area contributed by atoms with Gasteiger partial charge in [0.15, 0.2) is 5.75 Å². The molecule has 1 aromatic heterocycles. The maximum atomic E-state index is 13.0. The zero-order valence-electron chi connectivity index (χ0n) is 13.7. The summed E-state index contributed by atoms with van der Waals surface area (Å²) in [5.41, 5.74) is 1.22. The molecule has 2 atom stereocenters. The summed E-state index contributed by atoms with van der Waals surface area (Å²) in [5.74, 6) is 1.12.